The quantitative estimate of drug-likeness (QED) is 0.612. The van der Waals surface area contributed by atoms with Gasteiger partial charge in [-0.25, -0.2) is 18.0 Å². The van der Waals surface area contributed by atoms with Crippen LogP contribution in [0.1, 0.15) is 30.7 Å². The second kappa shape index (κ2) is 7.92. The molecule has 0 bridgehead atoms. The van der Waals surface area contributed by atoms with E-state index in [0.29, 0.717) is 42.7 Å². The van der Waals surface area contributed by atoms with Crippen molar-refractivity contribution in [2.45, 2.75) is 37.3 Å². The van der Waals surface area contributed by atoms with Crippen LogP contribution in [0.3, 0.4) is 0 Å². The molecular weight excluding hydrogens is 409 g/mol. The fourth-order valence-corrected chi connectivity index (χ4v) is 4.41. The number of hydrogen-bond acceptors (Lipinski definition) is 3. The van der Waals surface area contributed by atoms with Gasteiger partial charge in [0.2, 0.25) is 0 Å². The Balaban J connectivity index is 1.39. The topological polar surface area (TPSA) is 63.4 Å². The Morgan fingerprint density at radius 2 is 1.87 bits per heavy atom. The van der Waals surface area contributed by atoms with E-state index in [1.165, 1.54) is 18.2 Å². The molecule has 0 radical (unpaired) electrons. The van der Waals surface area contributed by atoms with Crippen molar-refractivity contribution in [1.82, 2.24) is 10.3 Å². The number of rotatable bonds is 4. The lowest BCUT2D eigenvalue weighted by molar-refractivity contribution is 0.0377. The third kappa shape index (κ3) is 3.87. The second-order valence-corrected chi connectivity index (χ2v) is 8.13. The van der Waals surface area contributed by atoms with Crippen molar-refractivity contribution < 1.29 is 27.4 Å². The SMILES string of the molecule is O=C(NC1CCOC1)OC1CC(c2c(-c3ccc(F)cc3)[nH]c3c(F)cc(F)cc23)C1. The monoisotopic (exact) mass is 430 g/mol. The zero-order chi connectivity index (χ0) is 21.5. The van der Waals surface area contributed by atoms with Crippen LogP contribution in [0.2, 0.25) is 0 Å². The molecule has 1 aliphatic carbocycles. The molecule has 2 heterocycles. The van der Waals surface area contributed by atoms with Crippen LogP contribution < -0.4 is 5.32 Å². The van der Waals surface area contributed by atoms with Crippen LogP contribution in [-0.2, 0) is 9.47 Å². The van der Waals surface area contributed by atoms with Crippen molar-refractivity contribution in [3.8, 4) is 11.3 Å². The molecule has 0 spiro atoms. The van der Waals surface area contributed by atoms with E-state index >= 15 is 0 Å². The number of amides is 1. The maximum atomic E-state index is 14.4. The highest BCUT2D eigenvalue weighted by molar-refractivity contribution is 5.92. The highest BCUT2D eigenvalue weighted by atomic mass is 19.1. The zero-order valence-corrected chi connectivity index (χ0v) is 16.6. The first-order valence-corrected chi connectivity index (χ1v) is 10.3. The largest absolute Gasteiger partial charge is 0.446 e. The predicted molar refractivity (Wildman–Crippen MR) is 108 cm³/mol. The van der Waals surface area contributed by atoms with Crippen molar-refractivity contribution in [2.24, 2.45) is 0 Å². The van der Waals surface area contributed by atoms with Gasteiger partial charge >= 0.3 is 6.09 Å². The lowest BCUT2D eigenvalue weighted by Gasteiger charge is -2.35. The molecule has 1 amide bonds. The molecule has 5 nitrogen and oxygen atoms in total. The average molecular weight is 430 g/mol. The molecule has 8 heteroatoms. The van der Waals surface area contributed by atoms with Gasteiger partial charge in [0.25, 0.3) is 0 Å². The molecule has 2 aromatic carbocycles. The fourth-order valence-electron chi connectivity index (χ4n) is 4.41. The lowest BCUT2D eigenvalue weighted by atomic mass is 9.75. The summed E-state index contributed by atoms with van der Waals surface area (Å²) >= 11 is 0. The number of alkyl carbamates (subject to hydrolysis) is 1. The van der Waals surface area contributed by atoms with Crippen LogP contribution in [0.4, 0.5) is 18.0 Å². The Bertz CT molecular complexity index is 1120. The highest BCUT2D eigenvalue weighted by Crippen LogP contribution is 2.46. The molecule has 2 N–H and O–H groups in total. The summed E-state index contributed by atoms with van der Waals surface area (Å²) in [5.74, 6) is -1.78. The number of aromatic nitrogens is 1. The molecule has 1 unspecified atom stereocenters. The summed E-state index contributed by atoms with van der Waals surface area (Å²) in [5, 5.41) is 3.24. The van der Waals surface area contributed by atoms with E-state index < -0.39 is 17.7 Å². The molecule has 1 atom stereocenters. The van der Waals surface area contributed by atoms with Gasteiger partial charge in [-0.2, -0.15) is 0 Å². The van der Waals surface area contributed by atoms with Crippen LogP contribution in [0.5, 0.6) is 0 Å². The number of ether oxygens (including phenoxy) is 2. The molecule has 2 aliphatic rings. The molecule has 1 saturated carbocycles. The summed E-state index contributed by atoms with van der Waals surface area (Å²) in [6.07, 6.45) is 1.07. The summed E-state index contributed by atoms with van der Waals surface area (Å²) in [6, 6.07) is 7.95. The van der Waals surface area contributed by atoms with E-state index in [-0.39, 0.29) is 29.4 Å². The van der Waals surface area contributed by atoms with Crippen molar-refractivity contribution in [3.63, 3.8) is 0 Å². The molecule has 31 heavy (non-hydrogen) atoms. The Labute approximate surface area is 176 Å². The number of aromatic amines is 1. The van der Waals surface area contributed by atoms with E-state index in [1.54, 1.807) is 12.1 Å². The zero-order valence-electron chi connectivity index (χ0n) is 16.6. The smallest absolute Gasteiger partial charge is 0.407 e. The summed E-state index contributed by atoms with van der Waals surface area (Å²) in [6.45, 7) is 1.10. The fraction of sp³-hybridized carbons (Fsp3) is 0.348. The maximum Gasteiger partial charge on any atom is 0.407 e. The van der Waals surface area contributed by atoms with Crippen molar-refractivity contribution in [3.05, 3.63) is 59.4 Å². The van der Waals surface area contributed by atoms with Crippen LogP contribution >= 0.6 is 0 Å². The van der Waals surface area contributed by atoms with Gasteiger partial charge in [-0.1, -0.05) is 0 Å². The van der Waals surface area contributed by atoms with E-state index in [0.717, 1.165) is 18.1 Å². The number of nitrogens with one attached hydrogen (secondary N) is 2. The number of benzene rings is 2. The minimum absolute atomic E-state index is 0.0342. The van der Waals surface area contributed by atoms with Gasteiger partial charge in [0.15, 0.2) is 0 Å². The summed E-state index contributed by atoms with van der Waals surface area (Å²) < 4.78 is 52.5. The second-order valence-electron chi connectivity index (χ2n) is 8.13. The summed E-state index contributed by atoms with van der Waals surface area (Å²) in [7, 11) is 0. The van der Waals surface area contributed by atoms with Crippen molar-refractivity contribution in [2.75, 3.05) is 13.2 Å². The van der Waals surface area contributed by atoms with Crippen LogP contribution in [-0.4, -0.2) is 36.4 Å². The molecule has 3 aromatic rings. The Kier molecular flexibility index (Phi) is 5.09. The van der Waals surface area contributed by atoms with Crippen LogP contribution in [0.25, 0.3) is 22.2 Å². The summed E-state index contributed by atoms with van der Waals surface area (Å²) in [4.78, 5) is 15.1. The van der Waals surface area contributed by atoms with E-state index in [4.69, 9.17) is 9.47 Å². The van der Waals surface area contributed by atoms with E-state index in [9.17, 15) is 18.0 Å². The molecule has 1 aromatic heterocycles. The minimum atomic E-state index is -0.685. The van der Waals surface area contributed by atoms with Crippen molar-refractivity contribution in [1.29, 1.82) is 0 Å². The first-order chi connectivity index (χ1) is 15.0. The van der Waals surface area contributed by atoms with Gasteiger partial charge in [-0.05, 0) is 66.6 Å². The van der Waals surface area contributed by atoms with Crippen molar-refractivity contribution >= 4 is 17.0 Å². The molecule has 5 rings (SSSR count). The lowest BCUT2D eigenvalue weighted by Crippen LogP contribution is -2.40. The molecule has 2 fully saturated rings. The maximum absolute atomic E-state index is 14.4. The van der Waals surface area contributed by atoms with Gasteiger partial charge in [0, 0.05) is 18.1 Å². The number of hydrogen-bond donors (Lipinski definition) is 2. The molecule has 162 valence electrons. The number of fused-ring (bicyclic) bond motifs is 1. The molecule has 1 aliphatic heterocycles. The van der Waals surface area contributed by atoms with E-state index in [2.05, 4.69) is 10.3 Å². The Hall–Kier alpha value is -3.00. The number of carbonyl (C=O) groups excluding carboxylic acids is 1. The highest BCUT2D eigenvalue weighted by Gasteiger charge is 2.37. The minimum Gasteiger partial charge on any atom is -0.446 e. The molecular formula is C23H21F3N2O3. The van der Waals surface area contributed by atoms with Crippen LogP contribution in [0.15, 0.2) is 36.4 Å². The summed E-state index contributed by atoms with van der Waals surface area (Å²) in [5.41, 5.74) is 2.26. The number of H-pyrrole nitrogens is 1. The van der Waals surface area contributed by atoms with Crippen LogP contribution in [0, 0.1) is 17.5 Å². The standard InChI is InChI=1S/C23H21F3N2O3/c24-14-3-1-12(2-4-14)21-20(18-9-15(25)10-19(26)22(18)28-21)13-7-17(8-13)31-23(29)27-16-5-6-30-11-16/h1-4,9-10,13,16-17,28H,5-8,11H2,(H,27,29). The van der Waals surface area contributed by atoms with Gasteiger partial charge in [-0.3, -0.25) is 0 Å². The van der Waals surface area contributed by atoms with Gasteiger partial charge in [0.1, 0.15) is 23.6 Å². The average Bonchev–Trinajstić information content (AvgIpc) is 3.33. The third-order valence-electron chi connectivity index (χ3n) is 6.03. The normalized spacial score (nSPS) is 23.0. The van der Waals surface area contributed by atoms with Gasteiger partial charge < -0.3 is 19.8 Å². The molecule has 1 saturated heterocycles. The van der Waals surface area contributed by atoms with Gasteiger partial charge in [-0.15, -0.1) is 0 Å². The third-order valence-corrected chi connectivity index (χ3v) is 6.03. The first kappa shape index (κ1) is 19.9. The Morgan fingerprint density at radius 1 is 1.10 bits per heavy atom. The number of halogens is 3. The number of carbonyl (C=O) groups is 1. The Morgan fingerprint density at radius 3 is 2.58 bits per heavy atom. The first-order valence-electron chi connectivity index (χ1n) is 10.3. The van der Waals surface area contributed by atoms with Gasteiger partial charge in [0.05, 0.1) is 23.9 Å². The van der Waals surface area contributed by atoms with E-state index in [1.807, 2.05) is 0 Å². The predicted octanol–water partition coefficient (Wildman–Crippen LogP) is 5.01.